The van der Waals surface area contributed by atoms with Gasteiger partial charge >= 0.3 is 0 Å². The van der Waals surface area contributed by atoms with E-state index in [1.165, 1.54) is 29.5 Å². The molecule has 3 rings (SSSR count). The molecule has 2 amide bonds. The predicted molar refractivity (Wildman–Crippen MR) is 115 cm³/mol. The molecule has 0 unspecified atom stereocenters. The van der Waals surface area contributed by atoms with Crippen LogP contribution >= 0.6 is 11.3 Å². The molecule has 0 radical (unpaired) electrons. The zero-order valence-electron chi connectivity index (χ0n) is 16.5. The van der Waals surface area contributed by atoms with Crippen LogP contribution in [-0.4, -0.2) is 35.8 Å². The van der Waals surface area contributed by atoms with E-state index < -0.39 is 16.7 Å². The van der Waals surface area contributed by atoms with Crippen LogP contribution in [0.1, 0.15) is 25.7 Å². The summed E-state index contributed by atoms with van der Waals surface area (Å²) in [5.41, 5.74) is 6.44. The molecule has 154 valence electrons. The number of nitro groups is 1. The van der Waals surface area contributed by atoms with Crippen molar-refractivity contribution in [1.82, 2.24) is 15.8 Å². The Morgan fingerprint density at radius 1 is 1.07 bits per heavy atom. The second-order valence-corrected chi connectivity index (χ2v) is 7.56. The van der Waals surface area contributed by atoms with E-state index in [2.05, 4.69) is 15.8 Å². The summed E-state index contributed by atoms with van der Waals surface area (Å²) in [5, 5.41) is 11.7. The summed E-state index contributed by atoms with van der Waals surface area (Å²) in [6.07, 6.45) is 0. The monoisotopic (exact) mass is 425 g/mol. The van der Waals surface area contributed by atoms with E-state index in [0.717, 1.165) is 5.56 Å². The van der Waals surface area contributed by atoms with E-state index in [0.29, 0.717) is 21.3 Å². The minimum absolute atomic E-state index is 0.0699. The molecule has 0 spiro atoms. The zero-order chi connectivity index (χ0) is 21.8. The molecule has 0 atom stereocenters. The molecule has 0 aliphatic heterocycles. The first kappa shape index (κ1) is 20.9. The molecular formula is C20H19N5O4S. The zero-order valence-corrected chi connectivity index (χ0v) is 17.3. The number of carbonyl (C=O) groups is 2. The van der Waals surface area contributed by atoms with Gasteiger partial charge < -0.3 is 4.90 Å². The van der Waals surface area contributed by atoms with E-state index in [4.69, 9.17) is 0 Å². The fraction of sp³-hybridized carbons (Fsp3) is 0.150. The summed E-state index contributed by atoms with van der Waals surface area (Å²) in [6, 6.07) is 13.4. The van der Waals surface area contributed by atoms with Crippen LogP contribution in [0.25, 0.3) is 10.6 Å². The number of hydrazine groups is 1. The molecule has 0 saturated carbocycles. The van der Waals surface area contributed by atoms with Crippen molar-refractivity contribution in [2.45, 2.75) is 6.92 Å². The Hall–Kier alpha value is -3.79. The van der Waals surface area contributed by atoms with E-state index in [9.17, 15) is 19.7 Å². The van der Waals surface area contributed by atoms with Gasteiger partial charge in [0.1, 0.15) is 9.88 Å². The lowest BCUT2D eigenvalue weighted by Crippen LogP contribution is -2.42. The standard InChI is InChI=1S/C20H19N5O4S/c1-12-17(30-20(21-12)13-7-5-4-6-8-13)19(27)23-22-18(26)15-11-14(25(28)29)9-10-16(15)24(2)3/h4-11H,1-3H3,(H,22,26)(H,23,27). The first-order valence-electron chi connectivity index (χ1n) is 8.87. The number of nitrogens with zero attached hydrogens (tertiary/aromatic N) is 3. The minimum Gasteiger partial charge on any atom is -0.377 e. The highest BCUT2D eigenvalue weighted by atomic mass is 32.1. The molecule has 0 fully saturated rings. The summed E-state index contributed by atoms with van der Waals surface area (Å²) in [4.78, 5) is 42.1. The van der Waals surface area contributed by atoms with Crippen LogP contribution in [0.5, 0.6) is 0 Å². The molecule has 2 aromatic carbocycles. The van der Waals surface area contributed by atoms with Gasteiger partial charge in [-0.2, -0.15) is 0 Å². The van der Waals surface area contributed by atoms with Gasteiger partial charge in [0.15, 0.2) is 0 Å². The number of aromatic nitrogens is 1. The number of anilines is 1. The molecule has 0 saturated heterocycles. The Bertz CT molecular complexity index is 1110. The SMILES string of the molecule is Cc1nc(-c2ccccc2)sc1C(=O)NNC(=O)c1cc([N+](=O)[O-])ccc1N(C)C. The largest absolute Gasteiger partial charge is 0.377 e. The number of amides is 2. The van der Waals surface area contributed by atoms with E-state index in [-0.39, 0.29) is 11.3 Å². The lowest BCUT2D eigenvalue weighted by molar-refractivity contribution is -0.384. The van der Waals surface area contributed by atoms with E-state index in [1.54, 1.807) is 25.9 Å². The highest BCUT2D eigenvalue weighted by molar-refractivity contribution is 7.17. The van der Waals surface area contributed by atoms with Gasteiger partial charge in [0, 0.05) is 37.5 Å². The van der Waals surface area contributed by atoms with Crippen molar-refractivity contribution in [2.24, 2.45) is 0 Å². The summed E-state index contributed by atoms with van der Waals surface area (Å²) in [5.74, 6) is -1.18. The summed E-state index contributed by atoms with van der Waals surface area (Å²) < 4.78 is 0. The molecular weight excluding hydrogens is 406 g/mol. The van der Waals surface area contributed by atoms with Gasteiger partial charge in [-0.1, -0.05) is 30.3 Å². The average molecular weight is 425 g/mol. The molecule has 3 aromatic rings. The smallest absolute Gasteiger partial charge is 0.281 e. The maximum atomic E-state index is 12.6. The molecule has 0 aliphatic carbocycles. The topological polar surface area (TPSA) is 117 Å². The highest BCUT2D eigenvalue weighted by Gasteiger charge is 2.20. The van der Waals surface area contributed by atoms with E-state index in [1.807, 2.05) is 30.3 Å². The number of aryl methyl sites for hydroxylation is 1. The molecule has 30 heavy (non-hydrogen) atoms. The second kappa shape index (κ2) is 8.70. The van der Waals surface area contributed by atoms with Gasteiger partial charge in [-0.3, -0.25) is 30.6 Å². The molecule has 10 heteroatoms. The Labute approximate surface area is 176 Å². The first-order valence-corrected chi connectivity index (χ1v) is 9.69. The van der Waals surface area contributed by atoms with Gasteiger partial charge in [-0.15, -0.1) is 11.3 Å². The Morgan fingerprint density at radius 2 is 1.73 bits per heavy atom. The number of hydrogen-bond donors (Lipinski definition) is 2. The number of carbonyl (C=O) groups excluding carboxylic acids is 2. The van der Waals surface area contributed by atoms with Gasteiger partial charge in [0.2, 0.25) is 0 Å². The van der Waals surface area contributed by atoms with Crippen molar-refractivity contribution in [3.8, 4) is 10.6 Å². The fourth-order valence-electron chi connectivity index (χ4n) is 2.76. The Kier molecular flexibility index (Phi) is 6.07. The van der Waals surface area contributed by atoms with Crippen LogP contribution in [0.15, 0.2) is 48.5 Å². The summed E-state index contributed by atoms with van der Waals surface area (Å²) in [6.45, 7) is 1.71. The second-order valence-electron chi connectivity index (χ2n) is 6.56. The van der Waals surface area contributed by atoms with Gasteiger partial charge in [0.25, 0.3) is 17.5 Å². The van der Waals surface area contributed by atoms with Crippen LogP contribution in [0.2, 0.25) is 0 Å². The molecule has 1 aromatic heterocycles. The van der Waals surface area contributed by atoms with Crippen LogP contribution in [0, 0.1) is 17.0 Å². The van der Waals surface area contributed by atoms with Gasteiger partial charge in [-0.25, -0.2) is 4.98 Å². The molecule has 9 nitrogen and oxygen atoms in total. The van der Waals surface area contributed by atoms with Crippen LogP contribution in [-0.2, 0) is 0 Å². The normalized spacial score (nSPS) is 10.4. The maximum Gasteiger partial charge on any atom is 0.281 e. The third-order valence-electron chi connectivity index (χ3n) is 4.23. The van der Waals surface area contributed by atoms with Crippen LogP contribution in [0.4, 0.5) is 11.4 Å². The number of thiazole rings is 1. The Morgan fingerprint density at radius 3 is 2.37 bits per heavy atom. The Balaban J connectivity index is 1.77. The third-order valence-corrected chi connectivity index (χ3v) is 5.44. The predicted octanol–water partition coefficient (Wildman–Crippen LogP) is 3.17. The van der Waals surface area contributed by atoms with Gasteiger partial charge in [-0.05, 0) is 13.0 Å². The third kappa shape index (κ3) is 4.44. The number of rotatable bonds is 5. The lowest BCUT2D eigenvalue weighted by Gasteiger charge is -2.17. The van der Waals surface area contributed by atoms with Crippen molar-refractivity contribution in [1.29, 1.82) is 0 Å². The maximum absolute atomic E-state index is 12.6. The molecule has 2 N–H and O–H groups in total. The first-order chi connectivity index (χ1) is 14.3. The summed E-state index contributed by atoms with van der Waals surface area (Å²) in [7, 11) is 3.42. The van der Waals surface area contributed by atoms with E-state index >= 15 is 0 Å². The van der Waals surface area contributed by atoms with Crippen molar-refractivity contribution in [3.63, 3.8) is 0 Å². The van der Waals surface area contributed by atoms with Crippen molar-refractivity contribution < 1.29 is 14.5 Å². The number of non-ortho nitro benzene ring substituents is 1. The van der Waals surface area contributed by atoms with Crippen LogP contribution < -0.4 is 15.8 Å². The molecule has 1 heterocycles. The van der Waals surface area contributed by atoms with Crippen LogP contribution in [0.3, 0.4) is 0 Å². The molecule has 0 bridgehead atoms. The van der Waals surface area contributed by atoms with Crippen molar-refractivity contribution in [2.75, 3.05) is 19.0 Å². The average Bonchev–Trinajstić information content (AvgIpc) is 3.13. The van der Waals surface area contributed by atoms with Crippen molar-refractivity contribution in [3.05, 3.63) is 74.8 Å². The van der Waals surface area contributed by atoms with Gasteiger partial charge in [0.05, 0.1) is 16.2 Å². The number of hydrogen-bond acceptors (Lipinski definition) is 7. The fourth-order valence-corrected chi connectivity index (χ4v) is 3.73. The number of nitrogens with one attached hydrogen (secondary N) is 2. The molecule has 0 aliphatic rings. The number of benzene rings is 2. The minimum atomic E-state index is -0.666. The van der Waals surface area contributed by atoms with Crippen molar-refractivity contribution >= 4 is 34.5 Å². The quantitative estimate of drug-likeness (QED) is 0.479. The lowest BCUT2D eigenvalue weighted by atomic mass is 10.1. The summed E-state index contributed by atoms with van der Waals surface area (Å²) >= 11 is 1.21. The highest BCUT2D eigenvalue weighted by Crippen LogP contribution is 2.28. The number of nitro benzene ring substituents is 1.